The van der Waals surface area contributed by atoms with E-state index in [0.717, 1.165) is 38.2 Å². The van der Waals surface area contributed by atoms with Gasteiger partial charge in [0, 0.05) is 12.0 Å². The number of hydrogen-bond donors (Lipinski definition) is 1. The van der Waals surface area contributed by atoms with Crippen LogP contribution in [0.25, 0.3) is 0 Å². The number of ether oxygens (including phenoxy) is 2. The van der Waals surface area contributed by atoms with Gasteiger partial charge in [-0.25, -0.2) is 9.59 Å². The molecule has 0 aromatic rings. The molecule has 0 bridgehead atoms. The van der Waals surface area contributed by atoms with Crippen LogP contribution in [0.2, 0.25) is 0 Å². The molecule has 0 radical (unpaired) electrons. The van der Waals surface area contributed by atoms with E-state index in [9.17, 15) is 14.4 Å². The number of carbonyl (C=O) groups is 3. The Morgan fingerprint density at radius 1 is 1.23 bits per heavy atom. The first-order valence-corrected chi connectivity index (χ1v) is 7.67. The van der Waals surface area contributed by atoms with Crippen molar-refractivity contribution in [3.8, 4) is 0 Å². The standard InChI is InChI=1S/C16H25NO5/c1-4-13(18)21-11-10-17-15(20)22-16(2,3)14(19)12-8-6-5-7-9-12/h4,12H,1,5-11H2,2-3H3,(H,17,20). The highest BCUT2D eigenvalue weighted by Gasteiger charge is 2.37. The molecule has 0 heterocycles. The van der Waals surface area contributed by atoms with Crippen LogP contribution in [0, 0.1) is 5.92 Å². The molecule has 0 aromatic carbocycles. The third-order valence-corrected chi connectivity index (χ3v) is 3.70. The number of hydrogen-bond acceptors (Lipinski definition) is 5. The van der Waals surface area contributed by atoms with Crippen LogP contribution in [-0.2, 0) is 19.1 Å². The lowest BCUT2D eigenvalue weighted by Gasteiger charge is -2.30. The van der Waals surface area contributed by atoms with E-state index in [2.05, 4.69) is 11.9 Å². The maximum atomic E-state index is 12.4. The summed E-state index contributed by atoms with van der Waals surface area (Å²) in [4.78, 5) is 35.0. The van der Waals surface area contributed by atoms with Crippen molar-refractivity contribution >= 4 is 17.8 Å². The van der Waals surface area contributed by atoms with Crippen LogP contribution >= 0.6 is 0 Å². The summed E-state index contributed by atoms with van der Waals surface area (Å²) in [6.45, 7) is 6.63. The lowest BCUT2D eigenvalue weighted by Crippen LogP contribution is -2.44. The summed E-state index contributed by atoms with van der Waals surface area (Å²) in [6.07, 6.45) is 5.35. The topological polar surface area (TPSA) is 81.7 Å². The van der Waals surface area contributed by atoms with Crippen molar-refractivity contribution in [3.05, 3.63) is 12.7 Å². The van der Waals surface area contributed by atoms with Crippen molar-refractivity contribution < 1.29 is 23.9 Å². The van der Waals surface area contributed by atoms with Crippen molar-refractivity contribution in [1.82, 2.24) is 5.32 Å². The molecule has 1 rings (SSSR count). The van der Waals surface area contributed by atoms with Gasteiger partial charge in [-0.3, -0.25) is 4.79 Å². The zero-order valence-corrected chi connectivity index (χ0v) is 13.4. The van der Waals surface area contributed by atoms with Gasteiger partial charge >= 0.3 is 12.1 Å². The molecule has 22 heavy (non-hydrogen) atoms. The molecule has 0 saturated heterocycles. The van der Waals surface area contributed by atoms with Gasteiger partial charge < -0.3 is 14.8 Å². The van der Waals surface area contributed by atoms with Crippen LogP contribution in [0.3, 0.4) is 0 Å². The van der Waals surface area contributed by atoms with E-state index >= 15 is 0 Å². The number of alkyl carbamates (subject to hydrolysis) is 1. The average Bonchev–Trinajstić information content (AvgIpc) is 2.50. The zero-order valence-electron chi connectivity index (χ0n) is 13.4. The minimum atomic E-state index is -1.15. The second-order valence-corrected chi connectivity index (χ2v) is 5.90. The Bertz CT molecular complexity index is 424. The average molecular weight is 311 g/mol. The van der Waals surface area contributed by atoms with Crippen LogP contribution in [-0.4, -0.2) is 36.6 Å². The van der Waals surface area contributed by atoms with Crippen molar-refractivity contribution in [2.24, 2.45) is 5.92 Å². The van der Waals surface area contributed by atoms with Gasteiger partial charge in [0.2, 0.25) is 0 Å². The van der Waals surface area contributed by atoms with Crippen LogP contribution in [0.4, 0.5) is 4.79 Å². The van der Waals surface area contributed by atoms with Crippen molar-refractivity contribution in [2.75, 3.05) is 13.2 Å². The van der Waals surface area contributed by atoms with Gasteiger partial charge in [-0.1, -0.05) is 25.8 Å². The zero-order chi connectivity index (χ0) is 16.6. The summed E-state index contributed by atoms with van der Waals surface area (Å²) in [5.74, 6) is -0.603. The number of rotatable bonds is 7. The Balaban J connectivity index is 2.35. The third-order valence-electron chi connectivity index (χ3n) is 3.70. The first-order chi connectivity index (χ1) is 10.4. The largest absolute Gasteiger partial charge is 0.461 e. The van der Waals surface area contributed by atoms with E-state index in [0.29, 0.717) is 0 Å². The third kappa shape index (κ3) is 5.87. The monoisotopic (exact) mass is 311 g/mol. The van der Waals surface area contributed by atoms with Gasteiger partial charge in [0.05, 0.1) is 6.54 Å². The van der Waals surface area contributed by atoms with E-state index in [4.69, 9.17) is 9.47 Å². The Morgan fingerprint density at radius 3 is 2.45 bits per heavy atom. The molecular weight excluding hydrogens is 286 g/mol. The predicted molar refractivity (Wildman–Crippen MR) is 81.3 cm³/mol. The summed E-state index contributed by atoms with van der Waals surface area (Å²) < 4.78 is 9.95. The van der Waals surface area contributed by atoms with Crippen LogP contribution in [0.1, 0.15) is 46.0 Å². The van der Waals surface area contributed by atoms with Gasteiger partial charge in [-0.05, 0) is 26.7 Å². The van der Waals surface area contributed by atoms with Crippen molar-refractivity contribution in [3.63, 3.8) is 0 Å². The molecule has 1 amide bonds. The highest BCUT2D eigenvalue weighted by molar-refractivity contribution is 5.90. The van der Waals surface area contributed by atoms with Gasteiger partial charge in [-0.15, -0.1) is 0 Å². The quantitative estimate of drug-likeness (QED) is 0.443. The molecule has 0 spiro atoms. The van der Waals surface area contributed by atoms with E-state index < -0.39 is 17.7 Å². The molecule has 124 valence electrons. The molecule has 0 atom stereocenters. The normalized spacial score (nSPS) is 15.7. The molecule has 1 aliphatic carbocycles. The molecule has 0 aromatic heterocycles. The lowest BCUT2D eigenvalue weighted by atomic mass is 9.81. The molecule has 1 fully saturated rings. The Kier molecular flexibility index (Phi) is 7.08. The molecule has 1 aliphatic rings. The first-order valence-electron chi connectivity index (χ1n) is 7.67. The van der Waals surface area contributed by atoms with E-state index in [1.807, 2.05) is 0 Å². The molecule has 6 nitrogen and oxygen atoms in total. The van der Waals surface area contributed by atoms with Crippen LogP contribution in [0.15, 0.2) is 12.7 Å². The fraction of sp³-hybridized carbons (Fsp3) is 0.688. The summed E-state index contributed by atoms with van der Waals surface area (Å²) >= 11 is 0. The van der Waals surface area contributed by atoms with Gasteiger partial charge in [-0.2, -0.15) is 0 Å². The van der Waals surface area contributed by atoms with Crippen molar-refractivity contribution in [1.29, 1.82) is 0 Å². The molecule has 6 heteroatoms. The summed E-state index contributed by atoms with van der Waals surface area (Å²) in [5.41, 5.74) is -1.15. The predicted octanol–water partition coefficient (Wildman–Crippen LogP) is 2.37. The SMILES string of the molecule is C=CC(=O)OCCNC(=O)OC(C)(C)C(=O)C1CCCCC1. The fourth-order valence-electron chi connectivity index (χ4n) is 2.54. The summed E-state index contributed by atoms with van der Waals surface area (Å²) in [5, 5.41) is 2.45. The number of ketones is 1. The summed E-state index contributed by atoms with van der Waals surface area (Å²) in [6, 6.07) is 0. The van der Waals surface area contributed by atoms with Gasteiger partial charge in [0.25, 0.3) is 0 Å². The second kappa shape index (κ2) is 8.56. The Labute approximate surface area is 131 Å². The minimum Gasteiger partial charge on any atom is -0.461 e. The molecule has 0 unspecified atom stereocenters. The Hall–Kier alpha value is -1.85. The van der Waals surface area contributed by atoms with Crippen LogP contribution < -0.4 is 5.32 Å². The number of nitrogens with one attached hydrogen (secondary N) is 1. The molecule has 0 aliphatic heterocycles. The van der Waals surface area contributed by atoms with E-state index in [-0.39, 0.29) is 24.9 Å². The van der Waals surface area contributed by atoms with Gasteiger partial charge in [0.15, 0.2) is 11.4 Å². The molecule has 1 N–H and O–H groups in total. The molecular formula is C16H25NO5. The smallest absolute Gasteiger partial charge is 0.408 e. The van der Waals surface area contributed by atoms with Crippen LogP contribution in [0.5, 0.6) is 0 Å². The maximum absolute atomic E-state index is 12.4. The Morgan fingerprint density at radius 2 is 1.86 bits per heavy atom. The van der Waals surface area contributed by atoms with E-state index in [1.165, 1.54) is 0 Å². The van der Waals surface area contributed by atoms with E-state index in [1.54, 1.807) is 13.8 Å². The summed E-state index contributed by atoms with van der Waals surface area (Å²) in [7, 11) is 0. The minimum absolute atomic E-state index is 0.0231. The van der Waals surface area contributed by atoms with Gasteiger partial charge in [0.1, 0.15) is 6.61 Å². The number of amides is 1. The highest BCUT2D eigenvalue weighted by atomic mass is 16.6. The lowest BCUT2D eigenvalue weighted by molar-refractivity contribution is -0.139. The number of Topliss-reactive ketones (excluding diaryl/α,β-unsaturated/α-hetero) is 1. The first kappa shape index (κ1) is 18.2. The fourth-order valence-corrected chi connectivity index (χ4v) is 2.54. The molecule has 1 saturated carbocycles. The maximum Gasteiger partial charge on any atom is 0.408 e. The highest BCUT2D eigenvalue weighted by Crippen LogP contribution is 2.29. The second-order valence-electron chi connectivity index (χ2n) is 5.90. The number of carbonyl (C=O) groups excluding carboxylic acids is 3. The number of esters is 1. The van der Waals surface area contributed by atoms with Crippen molar-refractivity contribution in [2.45, 2.75) is 51.6 Å².